The summed E-state index contributed by atoms with van der Waals surface area (Å²) in [6, 6.07) is 3.77. The van der Waals surface area contributed by atoms with Crippen molar-refractivity contribution in [3.05, 3.63) is 24.0 Å². The van der Waals surface area contributed by atoms with Gasteiger partial charge in [-0.2, -0.15) is 0 Å². The summed E-state index contributed by atoms with van der Waals surface area (Å²) >= 11 is 0. The summed E-state index contributed by atoms with van der Waals surface area (Å²) in [4.78, 5) is 11.6. The normalized spacial score (nSPS) is 10.6. The number of hydrogen-bond acceptors (Lipinski definition) is 5. The lowest BCUT2D eigenvalue weighted by Crippen LogP contribution is -2.20. The molecule has 0 bridgehead atoms. The van der Waals surface area contributed by atoms with Crippen LogP contribution in [0.3, 0.4) is 0 Å². The van der Waals surface area contributed by atoms with Crippen molar-refractivity contribution in [1.29, 1.82) is 0 Å². The molecule has 0 saturated carbocycles. The van der Waals surface area contributed by atoms with Crippen molar-refractivity contribution in [2.75, 3.05) is 51.2 Å². The van der Waals surface area contributed by atoms with Gasteiger partial charge in [-0.25, -0.2) is 4.39 Å². The van der Waals surface area contributed by atoms with Crippen molar-refractivity contribution in [1.82, 2.24) is 0 Å². The highest BCUT2D eigenvalue weighted by Crippen LogP contribution is 2.18. The number of carbonyl (C=O) groups is 1. The second-order valence-corrected chi connectivity index (χ2v) is 4.29. The number of anilines is 2. The molecule has 0 aliphatic heterocycles. The summed E-state index contributed by atoms with van der Waals surface area (Å²) in [6.45, 7) is 1.80. The molecule has 0 aromatic heterocycles. The molecule has 0 aliphatic carbocycles. The number of carbonyl (C=O) groups excluding carboxylic acids is 1. The van der Waals surface area contributed by atoms with Gasteiger partial charge in [0, 0.05) is 20.3 Å². The van der Waals surface area contributed by atoms with Gasteiger partial charge in [0.1, 0.15) is 12.4 Å². The molecule has 0 aliphatic rings. The van der Waals surface area contributed by atoms with E-state index in [9.17, 15) is 9.18 Å². The van der Waals surface area contributed by atoms with Crippen LogP contribution >= 0.6 is 0 Å². The van der Waals surface area contributed by atoms with Crippen LogP contribution in [0.2, 0.25) is 0 Å². The van der Waals surface area contributed by atoms with E-state index in [1.165, 1.54) is 12.1 Å². The third-order valence-electron chi connectivity index (χ3n) is 2.53. The second kappa shape index (κ2) is 10.1. The monoisotopic (exact) mass is 300 g/mol. The van der Waals surface area contributed by atoms with Crippen LogP contribution in [0.15, 0.2) is 18.2 Å². The number of benzene rings is 1. The molecule has 21 heavy (non-hydrogen) atoms. The fraction of sp³-hybridized carbons (Fsp3) is 0.500. The number of nitrogen functional groups attached to an aromatic ring is 1. The van der Waals surface area contributed by atoms with E-state index in [1.54, 1.807) is 7.11 Å². The van der Waals surface area contributed by atoms with E-state index >= 15 is 0 Å². The van der Waals surface area contributed by atoms with Crippen molar-refractivity contribution in [3.63, 3.8) is 0 Å². The smallest absolute Gasteiger partial charge is 0.250 e. The summed E-state index contributed by atoms with van der Waals surface area (Å²) in [5.74, 6) is -0.864. The van der Waals surface area contributed by atoms with Crippen LogP contribution in [0.4, 0.5) is 15.8 Å². The molecule has 0 saturated heterocycles. The summed E-state index contributed by atoms with van der Waals surface area (Å²) in [5, 5.41) is 2.48. The van der Waals surface area contributed by atoms with Gasteiger partial charge in [0.05, 0.1) is 24.6 Å². The summed E-state index contributed by atoms with van der Waals surface area (Å²) in [6.07, 6.45) is 0.815. The zero-order valence-corrected chi connectivity index (χ0v) is 12.1. The Bertz CT molecular complexity index is 443. The summed E-state index contributed by atoms with van der Waals surface area (Å²) < 4.78 is 28.3. The molecule has 1 rings (SSSR count). The minimum Gasteiger partial charge on any atom is -0.397 e. The molecule has 6 nitrogen and oxygen atoms in total. The molecule has 0 spiro atoms. The maximum Gasteiger partial charge on any atom is 0.250 e. The Morgan fingerprint density at radius 3 is 2.76 bits per heavy atom. The molecule has 0 unspecified atom stereocenters. The van der Waals surface area contributed by atoms with E-state index in [4.69, 9.17) is 19.9 Å². The van der Waals surface area contributed by atoms with Crippen LogP contribution in [0.25, 0.3) is 0 Å². The maximum absolute atomic E-state index is 13.0. The molecule has 0 radical (unpaired) electrons. The van der Waals surface area contributed by atoms with Crippen LogP contribution in [0, 0.1) is 5.82 Å². The zero-order chi connectivity index (χ0) is 15.5. The number of nitrogens with one attached hydrogen (secondary N) is 1. The molecule has 118 valence electrons. The Balaban J connectivity index is 2.13. The molecule has 7 heteroatoms. The Labute approximate surface area is 123 Å². The number of methoxy groups -OCH3 is 1. The van der Waals surface area contributed by atoms with E-state index in [-0.39, 0.29) is 12.3 Å². The predicted octanol–water partition coefficient (Wildman–Crippen LogP) is 1.42. The molecular formula is C14H21FN2O4. The molecule has 0 atom stereocenters. The van der Waals surface area contributed by atoms with Crippen molar-refractivity contribution in [3.8, 4) is 0 Å². The standard InChI is InChI=1S/C14H21FN2O4/c1-19-5-2-6-20-7-8-21-10-14(18)17-13-9-11(15)3-4-12(13)16/h3-4,9H,2,5-8,10,16H2,1H3,(H,17,18). The van der Waals surface area contributed by atoms with E-state index in [0.29, 0.717) is 32.1 Å². The zero-order valence-electron chi connectivity index (χ0n) is 12.1. The number of nitrogens with two attached hydrogens (primary N) is 1. The quantitative estimate of drug-likeness (QED) is 0.504. The lowest BCUT2D eigenvalue weighted by atomic mass is 10.2. The Morgan fingerprint density at radius 2 is 2.00 bits per heavy atom. The first kappa shape index (κ1) is 17.4. The van der Waals surface area contributed by atoms with E-state index in [2.05, 4.69) is 5.32 Å². The number of amides is 1. The molecular weight excluding hydrogens is 279 g/mol. The number of hydrogen-bond donors (Lipinski definition) is 2. The highest BCUT2D eigenvalue weighted by molar-refractivity contribution is 5.94. The molecule has 1 amide bonds. The minimum absolute atomic E-state index is 0.141. The topological polar surface area (TPSA) is 82.8 Å². The van der Waals surface area contributed by atoms with Crippen LogP contribution in [-0.2, 0) is 19.0 Å². The lowest BCUT2D eigenvalue weighted by Gasteiger charge is -2.09. The van der Waals surface area contributed by atoms with Crippen molar-refractivity contribution < 1.29 is 23.4 Å². The molecule has 1 aromatic carbocycles. The lowest BCUT2D eigenvalue weighted by molar-refractivity contribution is -0.121. The molecule has 3 N–H and O–H groups in total. The van der Waals surface area contributed by atoms with E-state index < -0.39 is 11.7 Å². The average Bonchev–Trinajstić information content (AvgIpc) is 2.46. The van der Waals surface area contributed by atoms with Crippen LogP contribution in [0.1, 0.15) is 6.42 Å². The van der Waals surface area contributed by atoms with E-state index in [1.807, 2.05) is 0 Å². The summed E-state index contributed by atoms with van der Waals surface area (Å²) in [7, 11) is 1.63. The van der Waals surface area contributed by atoms with Gasteiger partial charge in [-0.3, -0.25) is 4.79 Å². The number of rotatable bonds is 10. The predicted molar refractivity (Wildman–Crippen MR) is 77.6 cm³/mol. The summed E-state index contributed by atoms with van der Waals surface area (Å²) in [5.41, 5.74) is 6.15. The molecule has 0 fully saturated rings. The fourth-order valence-electron chi connectivity index (χ4n) is 1.51. The van der Waals surface area contributed by atoms with Gasteiger partial charge in [-0.05, 0) is 24.6 Å². The van der Waals surface area contributed by atoms with Gasteiger partial charge in [-0.1, -0.05) is 0 Å². The van der Waals surface area contributed by atoms with Gasteiger partial charge >= 0.3 is 0 Å². The first-order valence-corrected chi connectivity index (χ1v) is 6.62. The SMILES string of the molecule is COCCCOCCOCC(=O)Nc1cc(F)ccc1N. The van der Waals surface area contributed by atoms with Crippen LogP contribution in [-0.4, -0.2) is 46.1 Å². The molecule has 1 aromatic rings. The van der Waals surface area contributed by atoms with Gasteiger partial charge in [0.2, 0.25) is 5.91 Å². The van der Waals surface area contributed by atoms with Crippen molar-refractivity contribution >= 4 is 17.3 Å². The van der Waals surface area contributed by atoms with Gasteiger partial charge in [0.15, 0.2) is 0 Å². The van der Waals surface area contributed by atoms with Crippen LogP contribution in [0.5, 0.6) is 0 Å². The largest absolute Gasteiger partial charge is 0.397 e. The number of ether oxygens (including phenoxy) is 3. The first-order chi connectivity index (χ1) is 10.1. The van der Waals surface area contributed by atoms with Gasteiger partial charge in [0.25, 0.3) is 0 Å². The Morgan fingerprint density at radius 1 is 1.24 bits per heavy atom. The third kappa shape index (κ3) is 7.60. The van der Waals surface area contributed by atoms with Crippen LogP contribution < -0.4 is 11.1 Å². The van der Waals surface area contributed by atoms with E-state index in [0.717, 1.165) is 12.5 Å². The van der Waals surface area contributed by atoms with Gasteiger partial charge in [-0.15, -0.1) is 0 Å². The first-order valence-electron chi connectivity index (χ1n) is 6.62. The van der Waals surface area contributed by atoms with Crippen molar-refractivity contribution in [2.45, 2.75) is 6.42 Å². The third-order valence-corrected chi connectivity index (χ3v) is 2.53. The number of halogens is 1. The maximum atomic E-state index is 13.0. The fourth-order valence-corrected chi connectivity index (χ4v) is 1.51. The highest BCUT2D eigenvalue weighted by atomic mass is 19.1. The van der Waals surface area contributed by atoms with Gasteiger partial charge < -0.3 is 25.3 Å². The minimum atomic E-state index is -0.468. The second-order valence-electron chi connectivity index (χ2n) is 4.29. The molecule has 0 heterocycles. The Hall–Kier alpha value is -1.70. The highest BCUT2D eigenvalue weighted by Gasteiger charge is 2.06. The Kier molecular flexibility index (Phi) is 8.34. The average molecular weight is 300 g/mol. The van der Waals surface area contributed by atoms with Crippen molar-refractivity contribution in [2.24, 2.45) is 0 Å².